The fourth-order valence-corrected chi connectivity index (χ4v) is 3.07. The summed E-state index contributed by atoms with van der Waals surface area (Å²) < 4.78 is 15.8. The summed E-state index contributed by atoms with van der Waals surface area (Å²) in [5.74, 6) is -0.484. The lowest BCUT2D eigenvalue weighted by atomic mass is 9.81. The van der Waals surface area contributed by atoms with Gasteiger partial charge in [0.2, 0.25) is 0 Å². The van der Waals surface area contributed by atoms with E-state index in [1.165, 1.54) is 7.11 Å². The third-order valence-corrected chi connectivity index (χ3v) is 4.63. The molecule has 2 rings (SSSR count). The third kappa shape index (κ3) is 4.11. The van der Waals surface area contributed by atoms with E-state index in [0.29, 0.717) is 0 Å². The Labute approximate surface area is 139 Å². The van der Waals surface area contributed by atoms with Crippen molar-refractivity contribution in [2.24, 2.45) is 0 Å². The number of ether oxygens (including phenoxy) is 3. The first-order chi connectivity index (χ1) is 11.3. The maximum atomic E-state index is 11.7. The molecular formula is C15H24O9. The highest BCUT2D eigenvalue weighted by atomic mass is 16.7. The Bertz CT molecular complexity index is 454. The van der Waals surface area contributed by atoms with Crippen molar-refractivity contribution in [1.82, 2.24) is 0 Å². The van der Waals surface area contributed by atoms with E-state index >= 15 is 0 Å². The molecule has 0 amide bonds. The summed E-state index contributed by atoms with van der Waals surface area (Å²) in [7, 11) is 1.23. The molecule has 1 saturated heterocycles. The highest BCUT2D eigenvalue weighted by Gasteiger charge is 2.48. The zero-order valence-electron chi connectivity index (χ0n) is 13.5. The quantitative estimate of drug-likeness (QED) is 0.425. The first-order valence-electron chi connectivity index (χ1n) is 7.89. The molecule has 0 aromatic carbocycles. The third-order valence-electron chi connectivity index (χ3n) is 4.63. The number of hydrogen-bond acceptors (Lipinski definition) is 9. The van der Waals surface area contributed by atoms with Crippen LogP contribution in [0.1, 0.15) is 32.1 Å². The zero-order valence-corrected chi connectivity index (χ0v) is 13.5. The number of rotatable bonds is 5. The number of carbonyl (C=O) groups is 2. The molecule has 0 aromatic heterocycles. The van der Waals surface area contributed by atoms with Gasteiger partial charge in [-0.2, -0.15) is 0 Å². The molecule has 0 spiro atoms. The predicted molar refractivity (Wildman–Crippen MR) is 77.7 cm³/mol. The van der Waals surface area contributed by atoms with Crippen LogP contribution in [0.5, 0.6) is 0 Å². The lowest BCUT2D eigenvalue weighted by Crippen LogP contribution is -2.61. The second kappa shape index (κ2) is 7.85. The van der Waals surface area contributed by atoms with Crippen LogP contribution in [0.25, 0.3) is 0 Å². The first kappa shape index (κ1) is 19.2. The van der Waals surface area contributed by atoms with E-state index < -0.39 is 48.9 Å². The molecule has 5 atom stereocenters. The SMILES string of the molecule is COC(=O)CC1(O[C@@H]2O[C@H](CO)[C@@H](O)[C@H](O)[C@H]2O)CCC(=O)CC1. The lowest BCUT2D eigenvalue weighted by molar-refractivity contribution is -0.329. The molecule has 0 bridgehead atoms. The van der Waals surface area contributed by atoms with Gasteiger partial charge in [-0.25, -0.2) is 0 Å². The second-order valence-corrected chi connectivity index (χ2v) is 6.29. The molecule has 1 heterocycles. The van der Waals surface area contributed by atoms with Crippen molar-refractivity contribution in [1.29, 1.82) is 0 Å². The van der Waals surface area contributed by atoms with Gasteiger partial charge >= 0.3 is 5.97 Å². The van der Waals surface area contributed by atoms with Crippen LogP contribution >= 0.6 is 0 Å². The number of ketones is 1. The maximum absolute atomic E-state index is 11.7. The van der Waals surface area contributed by atoms with E-state index in [9.17, 15) is 30.0 Å². The van der Waals surface area contributed by atoms with Crippen LogP contribution in [0.4, 0.5) is 0 Å². The van der Waals surface area contributed by atoms with Crippen LogP contribution < -0.4 is 0 Å². The lowest BCUT2D eigenvalue weighted by Gasteiger charge is -2.45. The molecule has 9 heteroatoms. The molecule has 1 aliphatic heterocycles. The first-order valence-corrected chi connectivity index (χ1v) is 7.89. The zero-order chi connectivity index (χ0) is 17.9. The highest BCUT2D eigenvalue weighted by Crippen LogP contribution is 2.37. The molecule has 2 aliphatic rings. The number of aliphatic hydroxyl groups is 4. The van der Waals surface area contributed by atoms with Crippen molar-refractivity contribution in [2.75, 3.05) is 13.7 Å². The van der Waals surface area contributed by atoms with Crippen molar-refractivity contribution in [3.05, 3.63) is 0 Å². The Morgan fingerprint density at radius 3 is 2.38 bits per heavy atom. The van der Waals surface area contributed by atoms with Gasteiger partial charge in [-0.05, 0) is 12.8 Å². The fraction of sp³-hybridized carbons (Fsp3) is 0.867. The number of hydrogen-bond donors (Lipinski definition) is 4. The minimum absolute atomic E-state index is 0.0490. The van der Waals surface area contributed by atoms with E-state index in [1.54, 1.807) is 0 Å². The molecular weight excluding hydrogens is 324 g/mol. The van der Waals surface area contributed by atoms with Crippen molar-refractivity contribution in [3.8, 4) is 0 Å². The van der Waals surface area contributed by atoms with Gasteiger partial charge in [0.15, 0.2) is 6.29 Å². The summed E-state index contributed by atoms with van der Waals surface area (Å²) in [4.78, 5) is 23.2. The fourth-order valence-electron chi connectivity index (χ4n) is 3.07. The smallest absolute Gasteiger partial charge is 0.308 e. The predicted octanol–water partition coefficient (Wildman–Crippen LogP) is -1.75. The maximum Gasteiger partial charge on any atom is 0.308 e. The van der Waals surface area contributed by atoms with Gasteiger partial charge in [-0.3, -0.25) is 9.59 Å². The molecule has 24 heavy (non-hydrogen) atoms. The molecule has 9 nitrogen and oxygen atoms in total. The van der Waals surface area contributed by atoms with E-state index in [2.05, 4.69) is 4.74 Å². The molecule has 0 aromatic rings. The minimum Gasteiger partial charge on any atom is -0.469 e. The normalized spacial score (nSPS) is 36.4. The van der Waals surface area contributed by atoms with Gasteiger partial charge in [0.25, 0.3) is 0 Å². The molecule has 0 unspecified atom stereocenters. The van der Waals surface area contributed by atoms with Crippen LogP contribution in [0, 0.1) is 0 Å². The van der Waals surface area contributed by atoms with E-state index in [4.69, 9.17) is 9.47 Å². The van der Waals surface area contributed by atoms with Gasteiger partial charge < -0.3 is 34.6 Å². The van der Waals surface area contributed by atoms with Gasteiger partial charge in [0.1, 0.15) is 30.2 Å². The topological polar surface area (TPSA) is 143 Å². The average molecular weight is 348 g/mol. The van der Waals surface area contributed by atoms with Crippen LogP contribution in [0.15, 0.2) is 0 Å². The minimum atomic E-state index is -1.57. The van der Waals surface area contributed by atoms with E-state index in [1.807, 2.05) is 0 Å². The summed E-state index contributed by atoms with van der Waals surface area (Å²) in [6.45, 7) is -0.576. The van der Waals surface area contributed by atoms with Gasteiger partial charge in [-0.1, -0.05) is 0 Å². The molecule has 0 radical (unpaired) electrons. The van der Waals surface area contributed by atoms with Crippen LogP contribution in [0.3, 0.4) is 0 Å². The summed E-state index contributed by atoms with van der Waals surface area (Å²) >= 11 is 0. The Kier molecular flexibility index (Phi) is 6.29. The van der Waals surface area contributed by atoms with Gasteiger partial charge in [-0.15, -0.1) is 0 Å². The number of methoxy groups -OCH3 is 1. The highest BCUT2D eigenvalue weighted by molar-refractivity contribution is 5.80. The average Bonchev–Trinajstić information content (AvgIpc) is 2.58. The monoisotopic (exact) mass is 348 g/mol. The van der Waals surface area contributed by atoms with Crippen LogP contribution in [-0.2, 0) is 23.8 Å². The van der Waals surface area contributed by atoms with Crippen molar-refractivity contribution in [3.63, 3.8) is 0 Å². The standard InChI is InChI=1S/C15H24O9/c1-22-10(18)6-15(4-2-8(17)3-5-15)24-14-13(21)12(20)11(19)9(7-16)23-14/h9,11-14,16,19-21H,2-7H2,1H3/t9-,11-,12+,13-,14+/m1/s1. The Morgan fingerprint density at radius 1 is 1.21 bits per heavy atom. The number of aliphatic hydroxyl groups excluding tert-OH is 4. The van der Waals surface area contributed by atoms with Crippen LogP contribution in [0.2, 0.25) is 0 Å². The molecule has 4 N–H and O–H groups in total. The van der Waals surface area contributed by atoms with Gasteiger partial charge in [0, 0.05) is 12.8 Å². The number of esters is 1. The molecule has 1 saturated carbocycles. The summed E-state index contributed by atoms with van der Waals surface area (Å²) in [6, 6.07) is 0. The van der Waals surface area contributed by atoms with E-state index in [-0.39, 0.29) is 37.9 Å². The summed E-state index contributed by atoms with van der Waals surface area (Å²) in [6.07, 6.45) is -6.28. The second-order valence-electron chi connectivity index (χ2n) is 6.29. The largest absolute Gasteiger partial charge is 0.469 e. The van der Waals surface area contributed by atoms with Crippen molar-refractivity contribution < 1.29 is 44.2 Å². The van der Waals surface area contributed by atoms with Crippen molar-refractivity contribution in [2.45, 2.75) is 68.4 Å². The van der Waals surface area contributed by atoms with Gasteiger partial charge in [0.05, 0.1) is 25.7 Å². The summed E-state index contributed by atoms with van der Waals surface area (Å²) in [5, 5.41) is 38.9. The van der Waals surface area contributed by atoms with Crippen molar-refractivity contribution >= 4 is 11.8 Å². The number of carbonyl (C=O) groups excluding carboxylic acids is 2. The van der Waals surface area contributed by atoms with Crippen LogP contribution in [-0.4, -0.2) is 82.2 Å². The Morgan fingerprint density at radius 2 is 1.83 bits per heavy atom. The van der Waals surface area contributed by atoms with E-state index in [0.717, 1.165) is 0 Å². The molecule has 1 aliphatic carbocycles. The number of Topliss-reactive ketones (excluding diaryl/α,β-unsaturated/α-hetero) is 1. The summed E-state index contributed by atoms with van der Waals surface area (Å²) in [5.41, 5.74) is -1.07. The Balaban J connectivity index is 2.15. The Hall–Kier alpha value is -1.10. The molecule has 138 valence electrons. The molecule has 2 fully saturated rings.